The molecular formula is C35H33F3N4O3. The lowest BCUT2D eigenvalue weighted by Gasteiger charge is -2.38. The lowest BCUT2D eigenvalue weighted by atomic mass is 9.84. The third-order valence-corrected chi connectivity index (χ3v) is 8.30. The first-order valence-electron chi connectivity index (χ1n) is 14.7. The molecule has 1 amide bonds. The van der Waals surface area contributed by atoms with Crippen molar-refractivity contribution in [3.8, 4) is 0 Å². The Morgan fingerprint density at radius 1 is 1.02 bits per heavy atom. The normalized spacial score (nSPS) is 18.2. The summed E-state index contributed by atoms with van der Waals surface area (Å²) in [5, 5.41) is 14.9. The van der Waals surface area contributed by atoms with Crippen LogP contribution in [0, 0.1) is 0 Å². The lowest BCUT2D eigenvalue weighted by Crippen LogP contribution is -2.49. The van der Waals surface area contributed by atoms with Crippen LogP contribution in [0.2, 0.25) is 0 Å². The Morgan fingerprint density at radius 2 is 1.78 bits per heavy atom. The Kier molecular flexibility index (Phi) is 10.3. The van der Waals surface area contributed by atoms with E-state index in [9.17, 15) is 27.9 Å². The summed E-state index contributed by atoms with van der Waals surface area (Å²) in [7, 11) is 0. The van der Waals surface area contributed by atoms with E-state index in [1.807, 2.05) is 54.6 Å². The molecule has 1 aliphatic heterocycles. The molecular weight excluding hydrogens is 581 g/mol. The second-order valence-electron chi connectivity index (χ2n) is 11.1. The molecule has 5 rings (SSSR count). The highest BCUT2D eigenvalue weighted by Crippen LogP contribution is 2.46. The minimum absolute atomic E-state index is 0.137. The zero-order valence-electron chi connectivity index (χ0n) is 24.4. The smallest absolute Gasteiger partial charge is 0.390 e. The van der Waals surface area contributed by atoms with E-state index in [1.54, 1.807) is 30.6 Å². The van der Waals surface area contributed by atoms with Gasteiger partial charge in [0.2, 0.25) is 6.08 Å². The van der Waals surface area contributed by atoms with Gasteiger partial charge in [-0.25, -0.2) is 4.79 Å². The predicted molar refractivity (Wildman–Crippen MR) is 163 cm³/mol. The molecule has 1 fully saturated rings. The average molecular weight is 615 g/mol. The van der Waals surface area contributed by atoms with Gasteiger partial charge in [0.25, 0.3) is 5.91 Å². The number of alkyl halides is 3. The van der Waals surface area contributed by atoms with Crippen LogP contribution in [-0.2, 0) is 23.9 Å². The number of hydrogen-bond acceptors (Lipinski definition) is 6. The third-order valence-electron chi connectivity index (χ3n) is 8.30. The van der Waals surface area contributed by atoms with E-state index in [2.05, 4.69) is 20.2 Å². The Hall–Kier alpha value is -4.47. The van der Waals surface area contributed by atoms with Crippen LogP contribution in [0.5, 0.6) is 0 Å². The summed E-state index contributed by atoms with van der Waals surface area (Å²) in [4.78, 5) is 33.6. The van der Waals surface area contributed by atoms with Crippen molar-refractivity contribution < 1.29 is 27.9 Å². The molecule has 1 aromatic heterocycles. The second-order valence-corrected chi connectivity index (χ2v) is 11.1. The number of aliphatic hydroxyl groups excluding tert-OH is 1. The van der Waals surface area contributed by atoms with Crippen LogP contribution < -0.4 is 5.32 Å². The molecule has 4 atom stereocenters. The molecule has 0 bridgehead atoms. The topological polar surface area (TPSA) is 94.9 Å². The van der Waals surface area contributed by atoms with Crippen molar-refractivity contribution in [2.45, 2.75) is 49.7 Å². The average Bonchev–Trinajstić information content (AvgIpc) is 3.49. The minimum Gasteiger partial charge on any atom is -0.390 e. The van der Waals surface area contributed by atoms with E-state index in [0.29, 0.717) is 30.5 Å². The van der Waals surface area contributed by atoms with Gasteiger partial charge in [-0.2, -0.15) is 13.2 Å². The first kappa shape index (κ1) is 31.9. The van der Waals surface area contributed by atoms with E-state index >= 15 is 0 Å². The third kappa shape index (κ3) is 7.79. The molecule has 1 saturated heterocycles. The number of benzene rings is 3. The molecule has 2 unspecified atom stereocenters. The van der Waals surface area contributed by atoms with Crippen molar-refractivity contribution >= 4 is 12.0 Å². The van der Waals surface area contributed by atoms with E-state index in [0.717, 1.165) is 28.8 Å². The second kappa shape index (κ2) is 14.5. The number of pyridine rings is 1. The number of isocyanates is 1. The van der Waals surface area contributed by atoms with Gasteiger partial charge in [-0.3, -0.25) is 14.7 Å². The molecule has 2 heterocycles. The van der Waals surface area contributed by atoms with E-state index in [4.69, 9.17) is 0 Å². The van der Waals surface area contributed by atoms with Crippen molar-refractivity contribution in [1.29, 1.82) is 0 Å². The molecule has 45 heavy (non-hydrogen) atoms. The highest BCUT2D eigenvalue weighted by Gasteiger charge is 2.43. The summed E-state index contributed by atoms with van der Waals surface area (Å²) in [6.07, 6.45) is 0.637. The SMILES string of the molecule is O=C=NC(=O)c1ccccc1C1CCN([C@@H](Cc2ccccc2)[C@H](O)CNCc2cccc(C(F)(F)F)c2)C1c1cccnc1. The van der Waals surface area contributed by atoms with Crippen LogP contribution >= 0.6 is 0 Å². The van der Waals surface area contributed by atoms with Gasteiger partial charge in [-0.05, 0) is 59.8 Å². The number of aromatic nitrogens is 1. The number of likely N-dealkylation sites (tertiary alicyclic amines) is 1. The highest BCUT2D eigenvalue weighted by atomic mass is 19.4. The van der Waals surface area contributed by atoms with E-state index in [-0.39, 0.29) is 25.0 Å². The van der Waals surface area contributed by atoms with Crippen molar-refractivity contribution in [2.24, 2.45) is 4.99 Å². The van der Waals surface area contributed by atoms with Gasteiger partial charge in [0.15, 0.2) is 0 Å². The molecule has 0 radical (unpaired) electrons. The Balaban J connectivity index is 1.45. The Labute approximate surface area is 259 Å². The van der Waals surface area contributed by atoms with E-state index in [1.165, 1.54) is 12.1 Å². The van der Waals surface area contributed by atoms with Crippen molar-refractivity contribution in [1.82, 2.24) is 15.2 Å². The van der Waals surface area contributed by atoms with Crippen molar-refractivity contribution in [2.75, 3.05) is 13.1 Å². The number of nitrogens with one attached hydrogen (secondary N) is 1. The minimum atomic E-state index is -4.44. The maximum Gasteiger partial charge on any atom is 0.416 e. The van der Waals surface area contributed by atoms with Gasteiger partial charge >= 0.3 is 6.18 Å². The van der Waals surface area contributed by atoms with Crippen LogP contribution in [0.4, 0.5) is 13.2 Å². The van der Waals surface area contributed by atoms with E-state index < -0.39 is 29.8 Å². The number of amides is 1. The Morgan fingerprint density at radius 3 is 2.51 bits per heavy atom. The quantitative estimate of drug-likeness (QED) is 0.162. The van der Waals surface area contributed by atoms with Gasteiger partial charge in [0, 0.05) is 49.0 Å². The summed E-state index contributed by atoms with van der Waals surface area (Å²) in [6.45, 7) is 0.879. The summed E-state index contributed by atoms with van der Waals surface area (Å²) in [5.74, 6) is -0.844. The van der Waals surface area contributed by atoms with Crippen LogP contribution in [0.25, 0.3) is 0 Å². The van der Waals surface area contributed by atoms with Crippen LogP contribution in [0.1, 0.15) is 56.6 Å². The number of rotatable bonds is 11. The number of carbonyl (C=O) groups excluding carboxylic acids is 2. The van der Waals surface area contributed by atoms with Gasteiger partial charge in [-0.1, -0.05) is 72.8 Å². The van der Waals surface area contributed by atoms with Gasteiger partial charge < -0.3 is 10.4 Å². The van der Waals surface area contributed by atoms with Gasteiger partial charge in [-0.15, -0.1) is 4.99 Å². The summed E-state index contributed by atoms with van der Waals surface area (Å²) >= 11 is 0. The molecule has 0 spiro atoms. The fourth-order valence-corrected chi connectivity index (χ4v) is 6.29. The fourth-order valence-electron chi connectivity index (χ4n) is 6.29. The molecule has 0 saturated carbocycles. The van der Waals surface area contributed by atoms with Gasteiger partial charge in [0.05, 0.1) is 11.7 Å². The van der Waals surface area contributed by atoms with Gasteiger partial charge in [0.1, 0.15) is 0 Å². The molecule has 1 aliphatic rings. The molecule has 0 aliphatic carbocycles. The number of carbonyl (C=O) groups is 1. The molecule has 3 aromatic carbocycles. The molecule has 232 valence electrons. The monoisotopic (exact) mass is 614 g/mol. The predicted octanol–water partition coefficient (Wildman–Crippen LogP) is 5.87. The number of hydrogen-bond donors (Lipinski definition) is 2. The fraction of sp³-hybridized carbons (Fsp3) is 0.286. The summed E-state index contributed by atoms with van der Waals surface area (Å²) in [6, 6.07) is 25.1. The summed E-state index contributed by atoms with van der Waals surface area (Å²) < 4.78 is 39.7. The number of aliphatic imine (C=N–C) groups is 1. The summed E-state index contributed by atoms with van der Waals surface area (Å²) in [5.41, 5.74) is 2.74. The Bertz CT molecular complexity index is 1630. The zero-order chi connectivity index (χ0) is 31.8. The first-order valence-corrected chi connectivity index (χ1v) is 14.7. The lowest BCUT2D eigenvalue weighted by molar-refractivity contribution is -0.137. The number of nitrogens with zero attached hydrogens (tertiary/aromatic N) is 3. The maximum absolute atomic E-state index is 13.2. The van der Waals surface area contributed by atoms with Crippen LogP contribution in [0.3, 0.4) is 0 Å². The van der Waals surface area contributed by atoms with Crippen LogP contribution in [-0.4, -0.2) is 52.2 Å². The van der Waals surface area contributed by atoms with Crippen LogP contribution in [0.15, 0.2) is 108 Å². The van der Waals surface area contributed by atoms with Crippen molar-refractivity contribution in [3.63, 3.8) is 0 Å². The molecule has 2 N–H and O–H groups in total. The number of halogens is 3. The zero-order valence-corrected chi connectivity index (χ0v) is 24.4. The number of aliphatic hydroxyl groups is 1. The van der Waals surface area contributed by atoms with Crippen molar-refractivity contribution in [3.05, 3.63) is 137 Å². The highest BCUT2D eigenvalue weighted by molar-refractivity contribution is 5.98. The maximum atomic E-state index is 13.2. The molecule has 10 heteroatoms. The standard InChI is InChI=1S/C35H33F3N4O3/c36-35(37,38)27-12-6-10-25(18-27)20-40-22-32(44)31(19-24-8-2-1-3-9-24)42-17-15-29(33(42)26-11-7-16-39-21-26)28-13-4-5-14-30(28)34(45)41-23-43/h1-14,16,18,21,29,31-33,40,44H,15,17,19-20,22H2/t29?,31-,32+,33?/m0/s1. The largest absolute Gasteiger partial charge is 0.416 e. The first-order chi connectivity index (χ1) is 21.8. The molecule has 4 aromatic rings. The molecule has 7 nitrogen and oxygen atoms in total.